The first kappa shape index (κ1) is 26.4. The highest BCUT2D eigenvalue weighted by Gasteiger charge is 2.11. The van der Waals surface area contributed by atoms with Gasteiger partial charge >= 0.3 is 0 Å². The average Bonchev–Trinajstić information content (AvgIpc) is 2.99. The highest BCUT2D eigenvalue weighted by atomic mass is 127. The molecule has 0 aliphatic rings. The number of sulfone groups is 1. The minimum atomic E-state index is -3.11. The molecular formula is C21H34IN5O2S. The fourth-order valence-corrected chi connectivity index (χ4v) is 4.48. The van der Waals surface area contributed by atoms with Gasteiger partial charge in [0.2, 0.25) is 0 Å². The lowest BCUT2D eigenvalue weighted by Gasteiger charge is -2.11. The quantitative estimate of drug-likeness (QED) is 0.196. The van der Waals surface area contributed by atoms with Crippen LogP contribution in [0.4, 0.5) is 0 Å². The van der Waals surface area contributed by atoms with Gasteiger partial charge in [0.1, 0.15) is 0 Å². The van der Waals surface area contributed by atoms with E-state index in [1.54, 1.807) is 0 Å². The SMILES string of the molecule is CCNC(=NCCCn1nc(C)cc1C)NCCCS(=O)(=O)Cc1ccccc1.I. The second-order valence-corrected chi connectivity index (χ2v) is 9.31. The van der Waals surface area contributed by atoms with Crippen LogP contribution in [-0.2, 0) is 22.1 Å². The number of rotatable bonds is 11. The predicted molar refractivity (Wildman–Crippen MR) is 134 cm³/mol. The number of nitrogens with one attached hydrogen (secondary N) is 2. The van der Waals surface area contributed by atoms with Gasteiger partial charge in [-0.1, -0.05) is 30.3 Å². The van der Waals surface area contributed by atoms with Crippen molar-refractivity contribution in [2.24, 2.45) is 4.99 Å². The van der Waals surface area contributed by atoms with E-state index in [1.807, 2.05) is 48.9 Å². The summed E-state index contributed by atoms with van der Waals surface area (Å²) < 4.78 is 26.5. The monoisotopic (exact) mass is 547 g/mol. The third-order valence-electron chi connectivity index (χ3n) is 4.40. The number of hydrogen-bond donors (Lipinski definition) is 2. The zero-order valence-corrected chi connectivity index (χ0v) is 21.2. The first-order valence-corrected chi connectivity index (χ1v) is 12.0. The van der Waals surface area contributed by atoms with Gasteiger partial charge in [-0.05, 0) is 45.2 Å². The lowest BCUT2D eigenvalue weighted by atomic mass is 10.2. The van der Waals surface area contributed by atoms with E-state index in [-0.39, 0.29) is 35.5 Å². The molecule has 0 bridgehead atoms. The van der Waals surface area contributed by atoms with Crippen LogP contribution in [-0.4, -0.2) is 49.5 Å². The van der Waals surface area contributed by atoms with Gasteiger partial charge in [-0.3, -0.25) is 9.67 Å². The Labute approximate surface area is 197 Å². The van der Waals surface area contributed by atoms with Crippen LogP contribution >= 0.6 is 24.0 Å². The Bertz CT molecular complexity index is 882. The minimum absolute atomic E-state index is 0. The fraction of sp³-hybridized carbons (Fsp3) is 0.524. The van der Waals surface area contributed by atoms with E-state index in [9.17, 15) is 8.42 Å². The van der Waals surface area contributed by atoms with Crippen LogP contribution in [0.5, 0.6) is 0 Å². The molecule has 7 nitrogen and oxygen atoms in total. The Morgan fingerprint density at radius 3 is 2.50 bits per heavy atom. The van der Waals surface area contributed by atoms with Gasteiger partial charge in [-0.2, -0.15) is 5.10 Å². The molecule has 0 aliphatic heterocycles. The maximum absolute atomic E-state index is 12.3. The predicted octanol–water partition coefficient (Wildman–Crippen LogP) is 3.07. The molecule has 0 saturated carbocycles. The summed E-state index contributed by atoms with van der Waals surface area (Å²) in [6.45, 7) is 8.90. The van der Waals surface area contributed by atoms with Crippen molar-refractivity contribution in [3.63, 3.8) is 0 Å². The minimum Gasteiger partial charge on any atom is -0.357 e. The maximum Gasteiger partial charge on any atom is 0.191 e. The van der Waals surface area contributed by atoms with Crippen molar-refractivity contribution in [1.29, 1.82) is 0 Å². The van der Waals surface area contributed by atoms with Crippen molar-refractivity contribution in [3.8, 4) is 0 Å². The van der Waals surface area contributed by atoms with Crippen LogP contribution in [0.3, 0.4) is 0 Å². The molecule has 1 heterocycles. The van der Waals surface area contributed by atoms with E-state index in [4.69, 9.17) is 0 Å². The van der Waals surface area contributed by atoms with Crippen LogP contribution < -0.4 is 10.6 Å². The van der Waals surface area contributed by atoms with Gasteiger partial charge in [0.15, 0.2) is 15.8 Å². The van der Waals surface area contributed by atoms with Crippen LogP contribution in [0, 0.1) is 13.8 Å². The molecule has 2 rings (SSSR count). The molecule has 2 N–H and O–H groups in total. The zero-order chi connectivity index (χ0) is 21.1. The number of guanidine groups is 1. The molecule has 30 heavy (non-hydrogen) atoms. The van der Waals surface area contributed by atoms with E-state index >= 15 is 0 Å². The number of halogens is 1. The number of aryl methyl sites for hydroxylation is 3. The second-order valence-electron chi connectivity index (χ2n) is 7.12. The summed E-state index contributed by atoms with van der Waals surface area (Å²) >= 11 is 0. The standard InChI is InChI=1S/C21H33N5O2S.HI/c1-4-22-21(23-12-8-14-26-19(3)16-18(2)25-26)24-13-9-15-29(27,28)17-20-10-6-5-7-11-20;/h5-7,10-11,16H,4,8-9,12-15,17H2,1-3H3,(H2,22,23,24);1H. The molecule has 0 aliphatic carbocycles. The summed E-state index contributed by atoms with van der Waals surface area (Å²) in [5.41, 5.74) is 3.02. The second kappa shape index (κ2) is 13.6. The van der Waals surface area contributed by atoms with Crippen molar-refractivity contribution in [2.45, 2.75) is 45.9 Å². The van der Waals surface area contributed by atoms with Crippen LogP contribution in [0.25, 0.3) is 0 Å². The summed E-state index contributed by atoms with van der Waals surface area (Å²) in [4.78, 5) is 4.57. The third kappa shape index (κ3) is 9.92. The molecule has 0 amide bonds. The highest BCUT2D eigenvalue weighted by Crippen LogP contribution is 2.07. The van der Waals surface area contributed by atoms with Crippen molar-refractivity contribution < 1.29 is 8.42 Å². The zero-order valence-electron chi connectivity index (χ0n) is 18.1. The van der Waals surface area contributed by atoms with Crippen molar-refractivity contribution in [3.05, 3.63) is 53.3 Å². The molecular weight excluding hydrogens is 513 g/mol. The summed E-state index contributed by atoms with van der Waals surface area (Å²) in [6.07, 6.45) is 1.44. The third-order valence-corrected chi connectivity index (χ3v) is 6.08. The summed E-state index contributed by atoms with van der Waals surface area (Å²) in [7, 11) is -3.11. The van der Waals surface area contributed by atoms with Gasteiger partial charge in [0, 0.05) is 31.9 Å². The van der Waals surface area contributed by atoms with E-state index in [2.05, 4.69) is 33.7 Å². The largest absolute Gasteiger partial charge is 0.357 e. The summed E-state index contributed by atoms with van der Waals surface area (Å²) in [5, 5.41) is 10.9. The molecule has 1 aromatic heterocycles. The van der Waals surface area contributed by atoms with Gasteiger partial charge < -0.3 is 10.6 Å². The molecule has 0 fully saturated rings. The van der Waals surface area contributed by atoms with E-state index in [0.717, 1.165) is 42.4 Å². The van der Waals surface area contributed by atoms with Crippen molar-refractivity contribution >= 4 is 39.8 Å². The molecule has 0 atom stereocenters. The molecule has 0 unspecified atom stereocenters. The Morgan fingerprint density at radius 2 is 1.87 bits per heavy atom. The molecule has 9 heteroatoms. The molecule has 0 spiro atoms. The smallest absolute Gasteiger partial charge is 0.191 e. The van der Waals surface area contributed by atoms with E-state index < -0.39 is 9.84 Å². The summed E-state index contributed by atoms with van der Waals surface area (Å²) in [6, 6.07) is 11.4. The van der Waals surface area contributed by atoms with Gasteiger partial charge in [0.05, 0.1) is 17.2 Å². The normalized spacial score (nSPS) is 11.8. The molecule has 1 aromatic carbocycles. The summed E-state index contributed by atoms with van der Waals surface area (Å²) in [5.74, 6) is 0.974. The topological polar surface area (TPSA) is 88.4 Å². The van der Waals surface area contributed by atoms with Crippen molar-refractivity contribution in [1.82, 2.24) is 20.4 Å². The fourth-order valence-electron chi connectivity index (χ4n) is 3.05. The van der Waals surface area contributed by atoms with Crippen LogP contribution in [0.15, 0.2) is 41.4 Å². The van der Waals surface area contributed by atoms with Crippen LogP contribution in [0.1, 0.15) is 36.7 Å². The van der Waals surface area contributed by atoms with Gasteiger partial charge in [0.25, 0.3) is 0 Å². The number of aromatic nitrogens is 2. The first-order chi connectivity index (χ1) is 13.9. The van der Waals surface area contributed by atoms with E-state index in [1.165, 1.54) is 0 Å². The van der Waals surface area contributed by atoms with Gasteiger partial charge in [-0.15, -0.1) is 24.0 Å². The Morgan fingerprint density at radius 1 is 1.13 bits per heavy atom. The Balaban J connectivity index is 0.00000450. The molecule has 168 valence electrons. The van der Waals surface area contributed by atoms with Crippen LogP contribution in [0.2, 0.25) is 0 Å². The first-order valence-electron chi connectivity index (χ1n) is 10.2. The lowest BCUT2D eigenvalue weighted by Crippen LogP contribution is -2.38. The number of hydrogen-bond acceptors (Lipinski definition) is 4. The number of nitrogens with zero attached hydrogens (tertiary/aromatic N) is 3. The molecule has 0 saturated heterocycles. The lowest BCUT2D eigenvalue weighted by molar-refractivity contribution is 0.567. The highest BCUT2D eigenvalue weighted by molar-refractivity contribution is 14.0. The number of benzene rings is 1. The Kier molecular flexibility index (Phi) is 12.0. The number of aliphatic imine (C=N–C) groups is 1. The van der Waals surface area contributed by atoms with E-state index in [0.29, 0.717) is 19.5 Å². The average molecular weight is 548 g/mol. The van der Waals surface area contributed by atoms with Crippen molar-refractivity contribution in [2.75, 3.05) is 25.4 Å². The maximum atomic E-state index is 12.3. The van der Waals surface area contributed by atoms with Gasteiger partial charge in [-0.25, -0.2) is 8.42 Å². The molecule has 2 aromatic rings. The molecule has 0 radical (unpaired) electrons. The Hall–Kier alpha value is -1.62.